The number of primary amides is 1. The number of ketones is 4. The molecule has 6 atom stereocenters. The minimum Gasteiger partial charge on any atom is -0.507 e. The molecule has 3 aliphatic rings. The summed E-state index contributed by atoms with van der Waals surface area (Å²) in [5.41, 5.74) is 3.23. The van der Waals surface area contributed by atoms with Crippen LogP contribution in [0.2, 0.25) is 0 Å². The van der Waals surface area contributed by atoms with Gasteiger partial charge in [0, 0.05) is 18.3 Å². The summed E-state index contributed by atoms with van der Waals surface area (Å²) in [6.07, 6.45) is -0.723. The Hall–Kier alpha value is -4.15. The summed E-state index contributed by atoms with van der Waals surface area (Å²) >= 11 is 0. The predicted octanol–water partition coefficient (Wildman–Crippen LogP) is 0.694. The molecule has 2 aromatic rings. The molecular formula is C28H25NO9. The molecule has 10 nitrogen and oxygen atoms in total. The second-order valence-corrected chi connectivity index (χ2v) is 9.77. The number of aromatic hydroxyl groups is 1. The molecule has 38 heavy (non-hydrogen) atoms. The lowest BCUT2D eigenvalue weighted by molar-refractivity contribution is -0.185. The zero-order valence-electron chi connectivity index (χ0n) is 20.3. The number of phenolic OH excluding ortho intramolecular Hbond substituents is 1. The first-order valence-electron chi connectivity index (χ1n) is 12.1. The number of carbonyl (C=O) groups excluding carboxylic acids is 5. The van der Waals surface area contributed by atoms with Crippen LogP contribution < -0.4 is 10.5 Å². The molecule has 0 radical (unpaired) electrons. The molecule has 10 heteroatoms. The van der Waals surface area contributed by atoms with E-state index in [0.29, 0.717) is 23.5 Å². The molecule has 2 aromatic carbocycles. The summed E-state index contributed by atoms with van der Waals surface area (Å²) in [4.78, 5) is 65.1. The molecule has 3 aliphatic carbocycles. The number of hydrogen-bond donors (Lipinski definition) is 4. The molecule has 2 saturated carbocycles. The van der Waals surface area contributed by atoms with E-state index in [9.17, 15) is 39.3 Å². The van der Waals surface area contributed by atoms with Crippen molar-refractivity contribution in [2.75, 3.05) is 6.61 Å². The van der Waals surface area contributed by atoms with E-state index in [2.05, 4.69) is 0 Å². The van der Waals surface area contributed by atoms with E-state index in [1.54, 1.807) is 36.4 Å². The van der Waals surface area contributed by atoms with Crippen LogP contribution in [0.15, 0.2) is 42.5 Å². The van der Waals surface area contributed by atoms with Gasteiger partial charge in [-0.2, -0.15) is 0 Å². The highest BCUT2D eigenvalue weighted by Gasteiger charge is 2.69. The van der Waals surface area contributed by atoms with Crippen molar-refractivity contribution >= 4 is 40.7 Å². The van der Waals surface area contributed by atoms with Crippen molar-refractivity contribution < 1.29 is 44.0 Å². The van der Waals surface area contributed by atoms with Crippen LogP contribution in [-0.2, 0) is 19.2 Å². The predicted molar refractivity (Wildman–Crippen MR) is 132 cm³/mol. The maximum absolute atomic E-state index is 13.8. The summed E-state index contributed by atoms with van der Waals surface area (Å²) in [6.45, 7) is 2.30. The van der Waals surface area contributed by atoms with Gasteiger partial charge < -0.3 is 25.8 Å². The van der Waals surface area contributed by atoms with Gasteiger partial charge in [0.05, 0.1) is 24.2 Å². The number of aliphatic hydroxyl groups excluding tert-OH is 1. The molecule has 196 valence electrons. The highest BCUT2D eigenvalue weighted by Crippen LogP contribution is 2.54. The number of phenols is 1. The Morgan fingerprint density at radius 2 is 1.79 bits per heavy atom. The van der Waals surface area contributed by atoms with Gasteiger partial charge in [0.25, 0.3) is 0 Å². The molecule has 0 aromatic heterocycles. The van der Waals surface area contributed by atoms with Gasteiger partial charge in [-0.3, -0.25) is 24.0 Å². The van der Waals surface area contributed by atoms with Gasteiger partial charge in [-0.25, -0.2) is 0 Å². The summed E-state index contributed by atoms with van der Waals surface area (Å²) in [6, 6.07) is 11.2. The fourth-order valence-electron chi connectivity index (χ4n) is 6.04. The minimum absolute atomic E-state index is 0.195. The number of hydrogen-bond acceptors (Lipinski definition) is 9. The first kappa shape index (κ1) is 25.5. The number of carbonyl (C=O) groups is 5. The molecule has 5 rings (SSSR count). The summed E-state index contributed by atoms with van der Waals surface area (Å²) < 4.78 is 5.46. The Balaban J connectivity index is 1.70. The van der Waals surface area contributed by atoms with Crippen LogP contribution in [-0.4, -0.2) is 62.7 Å². The standard InChI is InChI=1S/C28H25NO9/c1-2-38-13-8-6-12(7-9-13)10-15-14-4-3-5-17(30)19(14)24(33)22-20(15)23(32)16-11-18(31)21(27(29)36)25(34)28(16,37)26(22)35/h3-10,16,20-23,30,32,37H,2,11H2,1H3,(H2,29,36). The maximum Gasteiger partial charge on any atom is 0.235 e. The molecule has 0 bridgehead atoms. The number of Topliss-reactive ketones (excluding diaryl/α,β-unsaturated/α-hetero) is 4. The minimum atomic E-state index is -2.98. The zero-order chi connectivity index (χ0) is 27.5. The molecule has 6 unspecified atom stereocenters. The van der Waals surface area contributed by atoms with E-state index < -0.39 is 76.6 Å². The summed E-state index contributed by atoms with van der Waals surface area (Å²) in [5.74, 6) is -12.3. The van der Waals surface area contributed by atoms with Crippen LogP contribution >= 0.6 is 0 Å². The van der Waals surface area contributed by atoms with E-state index in [0.717, 1.165) is 0 Å². The van der Waals surface area contributed by atoms with Gasteiger partial charge in [0.1, 0.15) is 11.5 Å². The van der Waals surface area contributed by atoms with Crippen molar-refractivity contribution in [3.8, 4) is 11.5 Å². The third-order valence-electron chi connectivity index (χ3n) is 7.75. The van der Waals surface area contributed by atoms with Crippen LogP contribution in [0, 0.1) is 23.7 Å². The molecule has 0 saturated heterocycles. The van der Waals surface area contributed by atoms with E-state index in [1.807, 2.05) is 6.92 Å². The lowest BCUT2D eigenvalue weighted by Crippen LogP contribution is -2.72. The first-order chi connectivity index (χ1) is 18.0. The van der Waals surface area contributed by atoms with Crippen LogP contribution in [0.1, 0.15) is 34.8 Å². The van der Waals surface area contributed by atoms with Gasteiger partial charge in [0.2, 0.25) is 5.91 Å². The van der Waals surface area contributed by atoms with E-state index in [-0.39, 0.29) is 11.1 Å². The average molecular weight is 520 g/mol. The first-order valence-corrected chi connectivity index (χ1v) is 12.1. The fraction of sp³-hybridized carbons (Fsp3) is 0.321. The zero-order valence-corrected chi connectivity index (χ0v) is 20.3. The molecule has 0 spiro atoms. The normalized spacial score (nSPS) is 31.4. The number of benzene rings is 2. The fourth-order valence-corrected chi connectivity index (χ4v) is 6.04. The van der Waals surface area contributed by atoms with Gasteiger partial charge >= 0.3 is 0 Å². The average Bonchev–Trinajstić information content (AvgIpc) is 2.87. The van der Waals surface area contributed by atoms with Gasteiger partial charge in [-0.05, 0) is 41.8 Å². The third kappa shape index (κ3) is 3.52. The molecule has 1 amide bonds. The number of nitrogens with two attached hydrogens (primary N) is 1. The second-order valence-electron chi connectivity index (χ2n) is 9.77. The number of fused-ring (bicyclic) bond motifs is 3. The van der Waals surface area contributed by atoms with Crippen molar-refractivity contribution in [1.82, 2.24) is 0 Å². The maximum atomic E-state index is 13.8. The molecule has 2 fully saturated rings. The van der Waals surface area contributed by atoms with E-state index >= 15 is 0 Å². The van der Waals surface area contributed by atoms with Crippen molar-refractivity contribution in [2.45, 2.75) is 25.0 Å². The Kier molecular flexibility index (Phi) is 6.04. The Labute approximate surface area is 216 Å². The van der Waals surface area contributed by atoms with Gasteiger partial charge in [-0.15, -0.1) is 0 Å². The molecular weight excluding hydrogens is 494 g/mol. The monoisotopic (exact) mass is 519 g/mol. The lowest BCUT2D eigenvalue weighted by Gasteiger charge is -2.51. The molecule has 5 N–H and O–H groups in total. The van der Waals surface area contributed by atoms with Crippen molar-refractivity contribution in [3.63, 3.8) is 0 Å². The van der Waals surface area contributed by atoms with Crippen molar-refractivity contribution in [3.05, 3.63) is 59.2 Å². The highest BCUT2D eigenvalue weighted by atomic mass is 16.5. The Bertz CT molecular complexity index is 1430. The van der Waals surface area contributed by atoms with Crippen LogP contribution in [0.3, 0.4) is 0 Å². The quantitative estimate of drug-likeness (QED) is 0.423. The smallest absolute Gasteiger partial charge is 0.235 e. The molecule has 0 heterocycles. The van der Waals surface area contributed by atoms with Crippen LogP contribution in [0.5, 0.6) is 11.5 Å². The Morgan fingerprint density at radius 1 is 1.11 bits per heavy atom. The lowest BCUT2D eigenvalue weighted by atomic mass is 9.51. The Morgan fingerprint density at radius 3 is 2.42 bits per heavy atom. The van der Waals surface area contributed by atoms with Crippen LogP contribution in [0.25, 0.3) is 11.6 Å². The van der Waals surface area contributed by atoms with E-state index in [1.165, 1.54) is 12.1 Å². The number of ether oxygens (including phenoxy) is 1. The van der Waals surface area contributed by atoms with Crippen molar-refractivity contribution in [2.24, 2.45) is 29.4 Å². The van der Waals surface area contributed by atoms with Crippen LogP contribution in [0.4, 0.5) is 0 Å². The van der Waals surface area contributed by atoms with E-state index in [4.69, 9.17) is 10.5 Å². The highest BCUT2D eigenvalue weighted by molar-refractivity contribution is 6.32. The summed E-state index contributed by atoms with van der Waals surface area (Å²) in [7, 11) is 0. The topological polar surface area (TPSA) is 181 Å². The molecule has 0 aliphatic heterocycles. The largest absolute Gasteiger partial charge is 0.507 e. The van der Waals surface area contributed by atoms with Gasteiger partial charge in [-0.1, -0.05) is 30.3 Å². The van der Waals surface area contributed by atoms with Gasteiger partial charge in [0.15, 0.2) is 34.7 Å². The van der Waals surface area contributed by atoms with Crippen molar-refractivity contribution in [1.29, 1.82) is 0 Å². The number of amides is 1. The second kappa shape index (κ2) is 9.00. The number of aliphatic hydroxyl groups is 2. The SMILES string of the molecule is CCOc1ccc(C=C2c3cccc(O)c3C(=O)C3C(=O)C4(O)C(=O)C(C(N)=O)C(=O)CC4C(O)C23)cc1. The summed E-state index contributed by atoms with van der Waals surface area (Å²) in [5, 5.41) is 33.5. The number of rotatable bonds is 4. The third-order valence-corrected chi connectivity index (χ3v) is 7.75.